The summed E-state index contributed by atoms with van der Waals surface area (Å²) < 4.78 is 0. The van der Waals surface area contributed by atoms with Crippen LogP contribution in [0.4, 0.5) is 17.6 Å². The largest absolute Gasteiger partial charge is 0.352 e. The molecule has 0 saturated carbocycles. The standard InChI is InChI=1S/C13H15Cl2N5/c1-3-8(2)16-12-18-11(15)19-13(20-12)17-10-6-4-5-9(14)7-10/h4-8H,3H2,1-2H3,(H2,16,17,18,19,20)/t8-/m1/s1. The van der Waals surface area contributed by atoms with Crippen LogP contribution in [0.5, 0.6) is 0 Å². The Kier molecular flexibility index (Phi) is 4.98. The van der Waals surface area contributed by atoms with E-state index >= 15 is 0 Å². The molecular weight excluding hydrogens is 297 g/mol. The van der Waals surface area contributed by atoms with Crippen LogP contribution in [-0.4, -0.2) is 21.0 Å². The maximum absolute atomic E-state index is 5.93. The fourth-order valence-corrected chi connectivity index (χ4v) is 1.84. The smallest absolute Gasteiger partial charge is 0.233 e. The van der Waals surface area contributed by atoms with Crippen molar-refractivity contribution in [1.29, 1.82) is 0 Å². The van der Waals surface area contributed by atoms with Crippen molar-refractivity contribution in [3.63, 3.8) is 0 Å². The highest BCUT2D eigenvalue weighted by molar-refractivity contribution is 6.30. The molecule has 2 aromatic rings. The van der Waals surface area contributed by atoms with Gasteiger partial charge < -0.3 is 10.6 Å². The normalized spacial score (nSPS) is 12.0. The number of aromatic nitrogens is 3. The predicted octanol–water partition coefficient (Wildman–Crippen LogP) is 4.13. The monoisotopic (exact) mass is 311 g/mol. The molecule has 0 aliphatic carbocycles. The molecule has 0 saturated heterocycles. The molecule has 0 radical (unpaired) electrons. The molecule has 5 nitrogen and oxygen atoms in total. The van der Waals surface area contributed by atoms with Gasteiger partial charge in [-0.25, -0.2) is 0 Å². The van der Waals surface area contributed by atoms with Gasteiger partial charge in [0.1, 0.15) is 0 Å². The highest BCUT2D eigenvalue weighted by atomic mass is 35.5. The van der Waals surface area contributed by atoms with Gasteiger partial charge in [0.25, 0.3) is 0 Å². The second-order valence-corrected chi connectivity index (χ2v) is 5.12. The average molecular weight is 312 g/mol. The summed E-state index contributed by atoms with van der Waals surface area (Å²) in [5.41, 5.74) is 0.786. The van der Waals surface area contributed by atoms with Crippen LogP contribution in [0, 0.1) is 0 Å². The molecule has 0 fully saturated rings. The number of nitrogens with zero attached hydrogens (tertiary/aromatic N) is 3. The Hall–Kier alpha value is -1.59. The van der Waals surface area contributed by atoms with Crippen molar-refractivity contribution >= 4 is 40.8 Å². The van der Waals surface area contributed by atoms with E-state index in [4.69, 9.17) is 23.2 Å². The van der Waals surface area contributed by atoms with Crippen LogP contribution < -0.4 is 10.6 Å². The Labute approximate surface area is 127 Å². The lowest BCUT2D eigenvalue weighted by atomic mass is 10.3. The minimum atomic E-state index is 0.135. The Morgan fingerprint density at radius 1 is 1.15 bits per heavy atom. The lowest BCUT2D eigenvalue weighted by molar-refractivity contribution is 0.751. The number of hydrogen-bond acceptors (Lipinski definition) is 5. The summed E-state index contributed by atoms with van der Waals surface area (Å²) in [7, 11) is 0. The molecule has 0 amide bonds. The van der Waals surface area contributed by atoms with E-state index in [-0.39, 0.29) is 11.3 Å². The molecule has 1 heterocycles. The SMILES string of the molecule is CC[C@@H](C)Nc1nc(Cl)nc(Nc2cccc(Cl)c2)n1. The molecule has 1 aromatic heterocycles. The van der Waals surface area contributed by atoms with Crippen molar-refractivity contribution in [2.75, 3.05) is 10.6 Å². The van der Waals surface area contributed by atoms with Crippen molar-refractivity contribution < 1.29 is 0 Å². The summed E-state index contributed by atoms with van der Waals surface area (Å²) in [6.07, 6.45) is 0.959. The minimum absolute atomic E-state index is 0.135. The van der Waals surface area contributed by atoms with Gasteiger partial charge in [0, 0.05) is 16.8 Å². The molecule has 20 heavy (non-hydrogen) atoms. The third-order valence-electron chi connectivity index (χ3n) is 2.68. The van der Waals surface area contributed by atoms with E-state index in [1.54, 1.807) is 12.1 Å². The first kappa shape index (κ1) is 14.8. The van der Waals surface area contributed by atoms with Crippen molar-refractivity contribution in [1.82, 2.24) is 15.0 Å². The maximum Gasteiger partial charge on any atom is 0.233 e. The number of benzene rings is 1. The first-order valence-electron chi connectivity index (χ1n) is 6.27. The molecule has 106 valence electrons. The number of nitrogens with one attached hydrogen (secondary N) is 2. The molecule has 0 bridgehead atoms. The number of rotatable bonds is 5. The van der Waals surface area contributed by atoms with E-state index in [2.05, 4.69) is 32.5 Å². The zero-order chi connectivity index (χ0) is 14.5. The fraction of sp³-hybridized carbons (Fsp3) is 0.308. The van der Waals surface area contributed by atoms with E-state index in [0.29, 0.717) is 16.9 Å². The average Bonchev–Trinajstić information content (AvgIpc) is 2.37. The number of hydrogen-bond donors (Lipinski definition) is 2. The lowest BCUT2D eigenvalue weighted by Gasteiger charge is -2.12. The second-order valence-electron chi connectivity index (χ2n) is 4.34. The molecule has 0 aliphatic rings. The summed E-state index contributed by atoms with van der Waals surface area (Å²) in [5, 5.41) is 6.97. The van der Waals surface area contributed by atoms with Crippen molar-refractivity contribution in [2.45, 2.75) is 26.3 Å². The molecule has 1 atom stereocenters. The van der Waals surface area contributed by atoms with E-state index in [0.717, 1.165) is 12.1 Å². The van der Waals surface area contributed by atoms with Gasteiger partial charge in [-0.3, -0.25) is 0 Å². The zero-order valence-electron chi connectivity index (χ0n) is 11.2. The Bertz CT molecular complexity index is 591. The van der Waals surface area contributed by atoms with Crippen LogP contribution >= 0.6 is 23.2 Å². The van der Waals surface area contributed by atoms with Gasteiger partial charge in [0.15, 0.2) is 0 Å². The summed E-state index contributed by atoms with van der Waals surface area (Å²) in [4.78, 5) is 12.4. The highest BCUT2D eigenvalue weighted by Gasteiger charge is 2.07. The van der Waals surface area contributed by atoms with Crippen molar-refractivity contribution in [3.05, 3.63) is 34.6 Å². The molecule has 1 aromatic carbocycles. The summed E-state index contributed by atoms with van der Waals surface area (Å²) in [6.45, 7) is 4.12. The van der Waals surface area contributed by atoms with Crippen molar-refractivity contribution in [3.8, 4) is 0 Å². The summed E-state index contributed by atoms with van der Waals surface area (Å²) in [5.74, 6) is 0.821. The molecule has 2 rings (SSSR count). The lowest BCUT2D eigenvalue weighted by Crippen LogP contribution is -2.16. The van der Waals surface area contributed by atoms with E-state index in [9.17, 15) is 0 Å². The molecule has 0 spiro atoms. The topological polar surface area (TPSA) is 62.7 Å². The van der Waals surface area contributed by atoms with Gasteiger partial charge in [-0.05, 0) is 43.1 Å². The third kappa shape index (κ3) is 4.21. The third-order valence-corrected chi connectivity index (χ3v) is 3.08. The fourth-order valence-electron chi connectivity index (χ4n) is 1.49. The van der Waals surface area contributed by atoms with E-state index in [1.807, 2.05) is 19.1 Å². The van der Waals surface area contributed by atoms with Gasteiger partial charge in [0.05, 0.1) is 0 Å². The minimum Gasteiger partial charge on any atom is -0.352 e. The van der Waals surface area contributed by atoms with Crippen LogP contribution in [0.1, 0.15) is 20.3 Å². The van der Waals surface area contributed by atoms with Crippen LogP contribution in [0.25, 0.3) is 0 Å². The number of halogens is 2. The van der Waals surface area contributed by atoms with Gasteiger partial charge in [-0.2, -0.15) is 15.0 Å². The predicted molar refractivity (Wildman–Crippen MR) is 82.9 cm³/mol. The molecule has 0 aliphatic heterocycles. The van der Waals surface area contributed by atoms with E-state index < -0.39 is 0 Å². The first-order valence-corrected chi connectivity index (χ1v) is 7.03. The van der Waals surface area contributed by atoms with Crippen molar-refractivity contribution in [2.24, 2.45) is 0 Å². The van der Waals surface area contributed by atoms with Crippen LogP contribution in [0.3, 0.4) is 0 Å². The number of anilines is 3. The maximum atomic E-state index is 5.93. The summed E-state index contributed by atoms with van der Waals surface area (Å²) >= 11 is 11.8. The van der Waals surface area contributed by atoms with Gasteiger partial charge in [-0.15, -0.1) is 0 Å². The summed E-state index contributed by atoms with van der Waals surface area (Å²) in [6, 6.07) is 7.54. The Morgan fingerprint density at radius 2 is 1.90 bits per heavy atom. The van der Waals surface area contributed by atoms with Gasteiger partial charge in [0.2, 0.25) is 17.2 Å². The molecule has 0 unspecified atom stereocenters. The molecule has 2 N–H and O–H groups in total. The zero-order valence-corrected chi connectivity index (χ0v) is 12.7. The quantitative estimate of drug-likeness (QED) is 0.869. The first-order chi connectivity index (χ1) is 9.56. The van der Waals surface area contributed by atoms with E-state index in [1.165, 1.54) is 0 Å². The molecule has 7 heteroatoms. The highest BCUT2D eigenvalue weighted by Crippen LogP contribution is 2.19. The van der Waals surface area contributed by atoms with Crippen LogP contribution in [-0.2, 0) is 0 Å². The van der Waals surface area contributed by atoms with Crippen LogP contribution in [0.15, 0.2) is 24.3 Å². The Morgan fingerprint density at radius 3 is 2.60 bits per heavy atom. The second kappa shape index (κ2) is 6.72. The van der Waals surface area contributed by atoms with Gasteiger partial charge in [-0.1, -0.05) is 24.6 Å². The van der Waals surface area contributed by atoms with Gasteiger partial charge >= 0.3 is 0 Å². The van der Waals surface area contributed by atoms with Crippen LogP contribution in [0.2, 0.25) is 10.3 Å². The molecular formula is C13H15Cl2N5. The Balaban J connectivity index is 2.19.